The van der Waals surface area contributed by atoms with E-state index < -0.39 is 0 Å². The van der Waals surface area contributed by atoms with E-state index in [2.05, 4.69) is 15.5 Å². The molecule has 1 aromatic carbocycles. The predicted octanol–water partition coefficient (Wildman–Crippen LogP) is 3.09. The minimum Gasteiger partial charge on any atom is -0.365 e. The van der Waals surface area contributed by atoms with Crippen molar-refractivity contribution in [1.29, 1.82) is 0 Å². The maximum absolute atomic E-state index is 12.9. The summed E-state index contributed by atoms with van der Waals surface area (Å²) in [6.45, 7) is 0.0221. The number of nitrogens with zero attached hydrogens (tertiary/aromatic N) is 2. The fourth-order valence-electron chi connectivity index (χ4n) is 1.82. The highest BCUT2D eigenvalue weighted by Gasteiger charge is 2.09. The molecule has 0 spiro atoms. The smallest absolute Gasteiger partial charge is 0.252 e. The molecule has 1 N–H and O–H groups in total. The monoisotopic (exact) mass is 333 g/mol. The molecule has 0 aliphatic rings. The van der Waals surface area contributed by atoms with Crippen LogP contribution in [0.4, 0.5) is 9.52 Å². The van der Waals surface area contributed by atoms with Crippen LogP contribution < -0.4 is 5.32 Å². The quantitative estimate of drug-likeness (QED) is 0.750. The number of carbonyl (C=O) groups excluding carboxylic acids is 1. The van der Waals surface area contributed by atoms with Gasteiger partial charge in [-0.05, 0) is 24.3 Å². The summed E-state index contributed by atoms with van der Waals surface area (Å²) in [5.74, 6) is -0.0962. The molecule has 2 heterocycles. The lowest BCUT2D eigenvalue weighted by molar-refractivity contribution is -0.121. The van der Waals surface area contributed by atoms with Gasteiger partial charge in [0.15, 0.2) is 10.9 Å². The van der Waals surface area contributed by atoms with E-state index in [0.29, 0.717) is 22.1 Å². The molecule has 0 aliphatic carbocycles. The summed E-state index contributed by atoms with van der Waals surface area (Å²) in [5.41, 5.74) is 1.26. The van der Waals surface area contributed by atoms with Gasteiger partial charge >= 0.3 is 0 Å². The van der Waals surface area contributed by atoms with E-state index in [1.54, 1.807) is 29.8 Å². The fourth-order valence-corrected chi connectivity index (χ4v) is 2.36. The maximum Gasteiger partial charge on any atom is 0.252 e. The molecular formula is C15H12FN3O3S. The second-order valence-corrected chi connectivity index (χ2v) is 5.46. The number of hydrogen-bond donors (Lipinski definition) is 1. The molecule has 0 atom stereocenters. The van der Waals surface area contributed by atoms with Crippen LogP contribution in [0.5, 0.6) is 0 Å². The average molecular weight is 333 g/mol. The number of amides is 1. The molecule has 0 radical (unpaired) electrons. The average Bonchev–Trinajstić information content (AvgIpc) is 3.20. The SMILES string of the molecule is O=C(COCc1cc(-c2ccc(F)cc2)on1)Nc1nccs1. The Bertz CT molecular complexity index is 772. The lowest BCUT2D eigenvalue weighted by atomic mass is 10.1. The zero-order valence-electron chi connectivity index (χ0n) is 11.9. The number of aromatic nitrogens is 2. The van der Waals surface area contributed by atoms with E-state index in [9.17, 15) is 9.18 Å². The highest BCUT2D eigenvalue weighted by molar-refractivity contribution is 7.13. The molecule has 23 heavy (non-hydrogen) atoms. The fraction of sp³-hybridized carbons (Fsp3) is 0.133. The van der Waals surface area contributed by atoms with Gasteiger partial charge in [0, 0.05) is 23.2 Å². The van der Waals surface area contributed by atoms with Crippen molar-refractivity contribution in [2.45, 2.75) is 6.61 Å². The number of nitrogens with one attached hydrogen (secondary N) is 1. The first-order valence-electron chi connectivity index (χ1n) is 6.69. The summed E-state index contributed by atoms with van der Waals surface area (Å²) in [6, 6.07) is 7.57. The Kier molecular flexibility index (Phi) is 4.74. The van der Waals surface area contributed by atoms with Gasteiger partial charge in [0.2, 0.25) is 0 Å². The largest absolute Gasteiger partial charge is 0.365 e. The van der Waals surface area contributed by atoms with Gasteiger partial charge in [-0.25, -0.2) is 9.37 Å². The molecule has 3 aromatic rings. The number of benzene rings is 1. The maximum atomic E-state index is 12.9. The van der Waals surface area contributed by atoms with Crippen LogP contribution in [0.25, 0.3) is 11.3 Å². The topological polar surface area (TPSA) is 77.2 Å². The number of rotatable bonds is 6. The van der Waals surface area contributed by atoms with E-state index in [1.807, 2.05) is 0 Å². The molecule has 0 aliphatic heterocycles. The van der Waals surface area contributed by atoms with Crippen molar-refractivity contribution >= 4 is 22.4 Å². The molecule has 0 fully saturated rings. The lowest BCUT2D eigenvalue weighted by Crippen LogP contribution is -2.18. The standard InChI is InChI=1S/C15H12FN3O3S/c16-11-3-1-10(2-4-11)13-7-12(19-22-13)8-21-9-14(20)18-15-17-5-6-23-15/h1-7H,8-9H2,(H,17,18,20). The van der Waals surface area contributed by atoms with Crippen LogP contribution in [0.2, 0.25) is 0 Å². The molecule has 0 saturated carbocycles. The number of hydrogen-bond acceptors (Lipinski definition) is 6. The third kappa shape index (κ3) is 4.21. The van der Waals surface area contributed by atoms with Crippen LogP contribution in [-0.4, -0.2) is 22.7 Å². The van der Waals surface area contributed by atoms with E-state index in [4.69, 9.17) is 9.26 Å². The molecule has 8 heteroatoms. The van der Waals surface area contributed by atoms with Crippen molar-refractivity contribution in [3.05, 3.63) is 53.4 Å². The molecule has 0 bridgehead atoms. The molecule has 6 nitrogen and oxygen atoms in total. The van der Waals surface area contributed by atoms with Gasteiger partial charge in [0.25, 0.3) is 5.91 Å². The van der Waals surface area contributed by atoms with E-state index in [-0.39, 0.29) is 24.9 Å². The first-order valence-corrected chi connectivity index (χ1v) is 7.57. The summed E-state index contributed by atoms with van der Waals surface area (Å²) in [7, 11) is 0. The van der Waals surface area contributed by atoms with Gasteiger partial charge in [0.05, 0.1) is 6.61 Å². The minimum absolute atomic E-state index is 0.113. The lowest BCUT2D eigenvalue weighted by Gasteiger charge is -2.01. The number of ether oxygens (including phenoxy) is 1. The molecule has 0 saturated heterocycles. The Balaban J connectivity index is 1.49. The molecular weight excluding hydrogens is 321 g/mol. The van der Waals surface area contributed by atoms with Crippen LogP contribution in [0.3, 0.4) is 0 Å². The Morgan fingerprint density at radius 1 is 1.35 bits per heavy atom. The van der Waals surface area contributed by atoms with Crippen molar-refractivity contribution in [1.82, 2.24) is 10.1 Å². The third-order valence-corrected chi connectivity index (χ3v) is 3.54. The summed E-state index contributed by atoms with van der Waals surface area (Å²) in [5, 5.41) is 8.75. The first-order chi connectivity index (χ1) is 11.2. The van der Waals surface area contributed by atoms with Crippen LogP contribution in [0.1, 0.15) is 5.69 Å². The van der Waals surface area contributed by atoms with E-state index in [0.717, 1.165) is 0 Å². The minimum atomic E-state index is -0.317. The van der Waals surface area contributed by atoms with E-state index in [1.165, 1.54) is 23.5 Å². The number of halogens is 1. The van der Waals surface area contributed by atoms with Crippen LogP contribution in [-0.2, 0) is 16.1 Å². The van der Waals surface area contributed by atoms with Crippen molar-refractivity contribution in [2.24, 2.45) is 0 Å². The van der Waals surface area contributed by atoms with Crippen molar-refractivity contribution in [3.63, 3.8) is 0 Å². The first kappa shape index (κ1) is 15.3. The van der Waals surface area contributed by atoms with Gasteiger partial charge in [0.1, 0.15) is 18.1 Å². The number of carbonyl (C=O) groups is 1. The Morgan fingerprint density at radius 2 is 2.17 bits per heavy atom. The molecule has 2 aromatic heterocycles. The summed E-state index contributed by atoms with van der Waals surface area (Å²) < 4.78 is 23.3. The van der Waals surface area contributed by atoms with Crippen molar-refractivity contribution in [3.8, 4) is 11.3 Å². The van der Waals surface area contributed by atoms with Gasteiger partial charge < -0.3 is 9.26 Å². The second-order valence-electron chi connectivity index (χ2n) is 4.57. The summed E-state index contributed by atoms with van der Waals surface area (Å²) in [6.07, 6.45) is 1.60. The zero-order chi connectivity index (χ0) is 16.1. The second kappa shape index (κ2) is 7.12. The Morgan fingerprint density at radius 3 is 2.91 bits per heavy atom. The highest BCUT2D eigenvalue weighted by atomic mass is 32.1. The van der Waals surface area contributed by atoms with Crippen molar-refractivity contribution in [2.75, 3.05) is 11.9 Å². The summed E-state index contributed by atoms with van der Waals surface area (Å²) in [4.78, 5) is 15.6. The highest BCUT2D eigenvalue weighted by Crippen LogP contribution is 2.20. The van der Waals surface area contributed by atoms with Gasteiger partial charge in [-0.2, -0.15) is 0 Å². The zero-order valence-corrected chi connectivity index (χ0v) is 12.7. The van der Waals surface area contributed by atoms with Gasteiger partial charge in [-0.15, -0.1) is 11.3 Å². The molecule has 1 amide bonds. The predicted molar refractivity (Wildman–Crippen MR) is 82.3 cm³/mol. The van der Waals surface area contributed by atoms with Gasteiger partial charge in [-0.3, -0.25) is 10.1 Å². The number of anilines is 1. The molecule has 0 unspecified atom stereocenters. The third-order valence-electron chi connectivity index (χ3n) is 2.85. The number of thiazole rings is 1. The van der Waals surface area contributed by atoms with E-state index >= 15 is 0 Å². The van der Waals surface area contributed by atoms with Crippen molar-refractivity contribution < 1.29 is 18.4 Å². The Labute approximate surface area is 134 Å². The normalized spacial score (nSPS) is 10.7. The summed E-state index contributed by atoms with van der Waals surface area (Å²) >= 11 is 1.33. The van der Waals surface area contributed by atoms with Crippen LogP contribution in [0.15, 0.2) is 46.4 Å². The van der Waals surface area contributed by atoms with Gasteiger partial charge in [-0.1, -0.05) is 5.16 Å². The Hall–Kier alpha value is -2.58. The molecule has 118 valence electrons. The van der Waals surface area contributed by atoms with Crippen LogP contribution >= 0.6 is 11.3 Å². The molecule has 3 rings (SSSR count). The van der Waals surface area contributed by atoms with Crippen LogP contribution in [0, 0.1) is 5.82 Å².